The summed E-state index contributed by atoms with van der Waals surface area (Å²) in [6.45, 7) is 12.0. The van der Waals surface area contributed by atoms with E-state index in [4.69, 9.17) is 13.9 Å². The van der Waals surface area contributed by atoms with Gasteiger partial charge in [-0.25, -0.2) is 0 Å². The lowest BCUT2D eigenvalue weighted by Crippen LogP contribution is -2.67. The molecule has 1 heterocycles. The lowest BCUT2D eigenvalue weighted by atomic mass is 9.92. The van der Waals surface area contributed by atoms with Gasteiger partial charge in [-0.1, -0.05) is 101 Å². The molecular weight excluding hydrogens is 388 g/mol. The lowest BCUT2D eigenvalue weighted by Gasteiger charge is -2.44. The van der Waals surface area contributed by atoms with Crippen LogP contribution in [0, 0.1) is 11.8 Å². The van der Waals surface area contributed by atoms with Crippen molar-refractivity contribution in [2.45, 2.75) is 52.1 Å². The van der Waals surface area contributed by atoms with Crippen LogP contribution in [0.25, 0.3) is 0 Å². The Labute approximate surface area is 183 Å². The molecular formula is C26H36O3Si. The molecule has 1 aliphatic heterocycles. The van der Waals surface area contributed by atoms with Gasteiger partial charge >= 0.3 is 0 Å². The molecule has 0 aromatic heterocycles. The standard InChI is InChI=1S/C26H36O3Si/c1-20-17-18-24(27-6)29-25(20)21(2)19-28-30(26(3,4)5,22-13-9-7-10-14-22)23-15-11-8-12-16-23/h7-18,20-21,24-25H,19H2,1-6H3/t20-,21-,24?,25-/m0/s1. The molecule has 3 rings (SSSR count). The maximum Gasteiger partial charge on any atom is 0.261 e. The largest absolute Gasteiger partial charge is 0.407 e. The Bertz CT molecular complexity index is 774. The number of rotatable bonds is 7. The highest BCUT2D eigenvalue weighted by Gasteiger charge is 2.50. The third-order valence-electron chi connectivity index (χ3n) is 6.15. The molecule has 0 aliphatic carbocycles. The van der Waals surface area contributed by atoms with Gasteiger partial charge in [-0.2, -0.15) is 0 Å². The third kappa shape index (κ3) is 4.62. The smallest absolute Gasteiger partial charge is 0.261 e. The minimum absolute atomic E-state index is 0.0244. The van der Waals surface area contributed by atoms with Crippen LogP contribution in [-0.2, 0) is 13.9 Å². The maximum absolute atomic E-state index is 7.09. The predicted octanol–water partition coefficient (Wildman–Crippen LogP) is 4.76. The van der Waals surface area contributed by atoms with E-state index < -0.39 is 8.32 Å². The van der Waals surface area contributed by atoms with Crippen LogP contribution in [0.15, 0.2) is 72.8 Å². The van der Waals surface area contributed by atoms with Crippen molar-refractivity contribution in [3.63, 3.8) is 0 Å². The minimum atomic E-state index is -2.53. The van der Waals surface area contributed by atoms with Crippen molar-refractivity contribution >= 4 is 18.7 Å². The Morgan fingerprint density at radius 1 is 0.933 bits per heavy atom. The molecule has 162 valence electrons. The Kier molecular flexibility index (Phi) is 7.35. The molecule has 30 heavy (non-hydrogen) atoms. The summed E-state index contributed by atoms with van der Waals surface area (Å²) < 4.78 is 18.7. The van der Waals surface area contributed by atoms with E-state index in [-0.39, 0.29) is 23.4 Å². The molecule has 0 N–H and O–H groups in total. The van der Waals surface area contributed by atoms with Gasteiger partial charge in [-0.05, 0) is 21.5 Å². The van der Waals surface area contributed by atoms with Crippen LogP contribution in [0.1, 0.15) is 34.6 Å². The van der Waals surface area contributed by atoms with Gasteiger partial charge in [0.25, 0.3) is 8.32 Å². The summed E-state index contributed by atoms with van der Waals surface area (Å²) in [4.78, 5) is 0. The maximum atomic E-state index is 7.09. The molecule has 0 amide bonds. The highest BCUT2D eigenvalue weighted by Crippen LogP contribution is 2.37. The van der Waals surface area contributed by atoms with Crippen molar-refractivity contribution in [2.24, 2.45) is 11.8 Å². The summed E-state index contributed by atoms with van der Waals surface area (Å²) in [6, 6.07) is 21.6. The van der Waals surface area contributed by atoms with Gasteiger partial charge < -0.3 is 13.9 Å². The van der Waals surface area contributed by atoms with E-state index >= 15 is 0 Å². The second-order valence-electron chi connectivity index (χ2n) is 9.40. The van der Waals surface area contributed by atoms with Crippen molar-refractivity contribution in [2.75, 3.05) is 13.7 Å². The highest BCUT2D eigenvalue weighted by molar-refractivity contribution is 6.99. The predicted molar refractivity (Wildman–Crippen MR) is 127 cm³/mol. The highest BCUT2D eigenvalue weighted by atomic mass is 28.4. The van der Waals surface area contributed by atoms with E-state index in [2.05, 4.69) is 101 Å². The summed E-state index contributed by atoms with van der Waals surface area (Å²) in [5.74, 6) is 0.568. The van der Waals surface area contributed by atoms with Gasteiger partial charge in [-0.15, -0.1) is 0 Å². The molecule has 1 aliphatic rings. The first-order chi connectivity index (χ1) is 14.3. The van der Waals surface area contributed by atoms with Crippen LogP contribution >= 0.6 is 0 Å². The third-order valence-corrected chi connectivity index (χ3v) is 11.2. The van der Waals surface area contributed by atoms with Crippen LogP contribution in [-0.4, -0.2) is 34.4 Å². The summed E-state index contributed by atoms with van der Waals surface area (Å²) in [7, 11) is -0.842. The molecule has 2 aromatic rings. The number of hydrogen-bond donors (Lipinski definition) is 0. The zero-order valence-corrected chi connectivity index (χ0v) is 20.2. The van der Waals surface area contributed by atoms with Crippen molar-refractivity contribution in [3.8, 4) is 0 Å². The van der Waals surface area contributed by atoms with Crippen LogP contribution in [0.2, 0.25) is 5.04 Å². The molecule has 4 atom stereocenters. The van der Waals surface area contributed by atoms with Crippen LogP contribution in [0.3, 0.4) is 0 Å². The molecule has 0 radical (unpaired) electrons. The van der Waals surface area contributed by atoms with E-state index in [0.717, 1.165) is 0 Å². The Morgan fingerprint density at radius 3 is 1.93 bits per heavy atom. The fourth-order valence-corrected chi connectivity index (χ4v) is 9.27. The molecule has 2 aromatic carbocycles. The van der Waals surface area contributed by atoms with Gasteiger partial charge in [0.2, 0.25) is 0 Å². The molecule has 0 fully saturated rings. The van der Waals surface area contributed by atoms with Crippen molar-refractivity contribution < 1.29 is 13.9 Å². The Morgan fingerprint density at radius 2 is 1.47 bits per heavy atom. The number of hydrogen-bond acceptors (Lipinski definition) is 3. The van der Waals surface area contributed by atoms with Crippen LogP contribution < -0.4 is 10.4 Å². The Hall–Kier alpha value is -1.72. The molecule has 0 saturated heterocycles. The van der Waals surface area contributed by atoms with E-state index in [1.54, 1.807) is 7.11 Å². The first-order valence-corrected chi connectivity index (χ1v) is 12.8. The van der Waals surface area contributed by atoms with Gasteiger partial charge in [-0.3, -0.25) is 0 Å². The number of methoxy groups -OCH3 is 1. The van der Waals surface area contributed by atoms with E-state index in [0.29, 0.717) is 12.5 Å². The second kappa shape index (κ2) is 9.61. The van der Waals surface area contributed by atoms with Crippen LogP contribution in [0.4, 0.5) is 0 Å². The van der Waals surface area contributed by atoms with E-state index in [1.165, 1.54) is 10.4 Å². The zero-order chi connectivity index (χ0) is 21.8. The minimum Gasteiger partial charge on any atom is -0.407 e. The second-order valence-corrected chi connectivity index (χ2v) is 13.7. The number of ether oxygens (including phenoxy) is 2. The van der Waals surface area contributed by atoms with Gasteiger partial charge in [0.1, 0.15) is 0 Å². The first kappa shape index (κ1) is 23.0. The average Bonchev–Trinajstić information content (AvgIpc) is 2.75. The SMILES string of the molecule is COC1C=C[C@H](C)[C@@H]([C@@H](C)CO[Si](c2ccccc2)(c2ccccc2)C(C)(C)C)O1. The first-order valence-electron chi connectivity index (χ1n) is 10.9. The molecule has 0 bridgehead atoms. The summed E-state index contributed by atoms with van der Waals surface area (Å²) in [6.07, 6.45) is 3.98. The van der Waals surface area contributed by atoms with E-state index in [9.17, 15) is 0 Å². The molecule has 4 heteroatoms. The summed E-state index contributed by atoms with van der Waals surface area (Å²) >= 11 is 0. The fourth-order valence-electron chi connectivity index (χ4n) is 4.60. The fraction of sp³-hybridized carbons (Fsp3) is 0.462. The van der Waals surface area contributed by atoms with Crippen molar-refractivity contribution in [1.29, 1.82) is 0 Å². The van der Waals surface area contributed by atoms with Crippen molar-refractivity contribution in [3.05, 3.63) is 72.8 Å². The van der Waals surface area contributed by atoms with Crippen LogP contribution in [0.5, 0.6) is 0 Å². The summed E-state index contributed by atoms with van der Waals surface area (Å²) in [5.41, 5.74) is 0. The molecule has 1 unspecified atom stereocenters. The monoisotopic (exact) mass is 424 g/mol. The molecule has 0 spiro atoms. The van der Waals surface area contributed by atoms with E-state index in [1.807, 2.05) is 6.08 Å². The quantitative estimate of drug-likeness (QED) is 0.474. The lowest BCUT2D eigenvalue weighted by molar-refractivity contribution is -0.160. The normalized spacial score (nSPS) is 23.3. The topological polar surface area (TPSA) is 27.7 Å². The van der Waals surface area contributed by atoms with Gasteiger partial charge in [0.15, 0.2) is 6.29 Å². The van der Waals surface area contributed by atoms with Gasteiger partial charge in [0, 0.05) is 25.6 Å². The Balaban J connectivity index is 1.95. The van der Waals surface area contributed by atoms with Crippen molar-refractivity contribution in [1.82, 2.24) is 0 Å². The molecule has 3 nitrogen and oxygen atoms in total. The zero-order valence-electron chi connectivity index (χ0n) is 19.2. The number of benzene rings is 2. The average molecular weight is 425 g/mol. The summed E-state index contributed by atoms with van der Waals surface area (Å²) in [5, 5.41) is 2.59. The molecule has 0 saturated carbocycles. The van der Waals surface area contributed by atoms with Gasteiger partial charge in [0.05, 0.1) is 6.10 Å².